The third kappa shape index (κ3) is 6.22. The first kappa shape index (κ1) is 29.3. The number of nitrogen functional groups attached to an aromatic ring is 1. The molecule has 0 radical (unpaired) electrons. The predicted molar refractivity (Wildman–Crippen MR) is 156 cm³/mol. The molecule has 1 aliphatic rings. The quantitative estimate of drug-likeness (QED) is 0.158. The van der Waals surface area contributed by atoms with E-state index in [0.29, 0.717) is 40.4 Å². The lowest BCUT2D eigenvalue weighted by atomic mass is 9.89. The molecule has 0 saturated carbocycles. The van der Waals surface area contributed by atoms with E-state index in [4.69, 9.17) is 32.7 Å². The summed E-state index contributed by atoms with van der Waals surface area (Å²) in [6, 6.07) is 9.34. The molecular weight excluding hydrogens is 558 g/mol. The van der Waals surface area contributed by atoms with E-state index in [-0.39, 0.29) is 24.4 Å². The van der Waals surface area contributed by atoms with Gasteiger partial charge in [0.1, 0.15) is 22.0 Å². The summed E-state index contributed by atoms with van der Waals surface area (Å²) >= 11 is 8.17. The summed E-state index contributed by atoms with van der Waals surface area (Å²) in [5.74, 6) is 5.83. The number of ether oxygens (including phenoxy) is 2. The third-order valence-electron chi connectivity index (χ3n) is 6.92. The molecule has 3 heterocycles. The molecule has 12 heteroatoms. The number of hydrazine groups is 1. The molecule has 210 valence electrons. The third-order valence-corrected chi connectivity index (χ3v) is 9.91. The van der Waals surface area contributed by atoms with Crippen LogP contribution in [0.4, 0.5) is 11.4 Å². The van der Waals surface area contributed by atoms with Gasteiger partial charge in [0.05, 0.1) is 29.2 Å². The zero-order valence-corrected chi connectivity index (χ0v) is 24.9. The highest BCUT2D eigenvalue weighted by Crippen LogP contribution is 2.42. The number of esters is 1. The number of rotatable bonds is 9. The van der Waals surface area contributed by atoms with E-state index in [1.165, 1.54) is 18.4 Å². The largest absolute Gasteiger partial charge is 0.472 e. The van der Waals surface area contributed by atoms with Gasteiger partial charge in [-0.2, -0.15) is 0 Å². The minimum atomic E-state index is -1.48. The first-order valence-corrected chi connectivity index (χ1v) is 15.0. The zero-order chi connectivity index (χ0) is 28.3. The van der Waals surface area contributed by atoms with E-state index in [0.717, 1.165) is 33.7 Å². The number of methoxy groups -OCH3 is 1. The van der Waals surface area contributed by atoms with Crippen LogP contribution in [0.3, 0.4) is 0 Å². The van der Waals surface area contributed by atoms with Gasteiger partial charge in [-0.05, 0) is 61.2 Å². The van der Waals surface area contributed by atoms with Crippen molar-refractivity contribution in [3.05, 3.63) is 62.4 Å². The minimum Gasteiger partial charge on any atom is -0.472 e. The Bertz CT molecular complexity index is 1370. The number of halogens is 1. The Morgan fingerprint density at radius 1 is 1.38 bits per heavy atom. The van der Waals surface area contributed by atoms with E-state index >= 15 is 0 Å². The van der Waals surface area contributed by atoms with Crippen molar-refractivity contribution < 1.29 is 18.5 Å². The fraction of sp³-hybridized carbons (Fsp3) is 0.407. The van der Waals surface area contributed by atoms with Crippen molar-refractivity contribution in [2.45, 2.75) is 57.1 Å². The molecule has 4 rings (SSSR count). The number of aromatic nitrogens is 1. The lowest BCUT2D eigenvalue weighted by Gasteiger charge is -2.24. The van der Waals surface area contributed by atoms with E-state index in [1.807, 2.05) is 43.3 Å². The Morgan fingerprint density at radius 3 is 2.85 bits per heavy atom. The van der Waals surface area contributed by atoms with E-state index < -0.39 is 11.0 Å². The van der Waals surface area contributed by atoms with Crippen LogP contribution in [0.15, 0.2) is 41.4 Å². The van der Waals surface area contributed by atoms with Crippen molar-refractivity contribution in [2.24, 2.45) is 5.84 Å². The molecule has 1 aromatic carbocycles. The molecular formula is C27H34ClN5O4S2. The number of fused-ring (bicyclic) bond motifs is 1. The summed E-state index contributed by atoms with van der Waals surface area (Å²) in [6.45, 7) is 7.29. The Kier molecular flexibility index (Phi) is 9.50. The highest BCUT2D eigenvalue weighted by atomic mass is 35.5. The Labute approximate surface area is 240 Å². The number of pyridine rings is 1. The van der Waals surface area contributed by atoms with Crippen molar-refractivity contribution in [2.75, 3.05) is 30.9 Å². The number of hydrogen-bond donors (Lipinski definition) is 2. The lowest BCUT2D eigenvalue weighted by molar-refractivity contribution is -0.140. The van der Waals surface area contributed by atoms with Gasteiger partial charge in [-0.25, -0.2) is 19.3 Å². The van der Waals surface area contributed by atoms with Gasteiger partial charge in [0.25, 0.3) is 0 Å². The van der Waals surface area contributed by atoms with Gasteiger partial charge in [-0.1, -0.05) is 24.6 Å². The average Bonchev–Trinajstić information content (AvgIpc) is 3.24. The van der Waals surface area contributed by atoms with Crippen LogP contribution < -0.4 is 21.3 Å². The summed E-state index contributed by atoms with van der Waals surface area (Å²) < 4.78 is 27.0. The van der Waals surface area contributed by atoms with Crippen LogP contribution >= 0.6 is 22.9 Å². The maximum absolute atomic E-state index is 13.5. The molecule has 0 bridgehead atoms. The molecule has 0 saturated heterocycles. The lowest BCUT2D eigenvalue weighted by Crippen LogP contribution is -2.33. The Hall–Kier alpha value is -2.70. The number of thiophene rings is 1. The van der Waals surface area contributed by atoms with Crippen LogP contribution in [-0.2, 0) is 27.1 Å². The number of carbonyl (C=O) groups excluding carboxylic acids is 1. The second kappa shape index (κ2) is 12.6. The standard InChI is InChI=1S/C27H34ClN5O4S2/c1-5-18-15-32(39(35)23-8-7-11-31-27(23)37-18)14-17-12-22(38-26(17)28)20(13-24(34)36-4)19-9-10-21(33(30)6-2)25(29)16(19)3/h7-12,18,20H,5-6,13-15,29-30H2,1-4H3/t18-,20?,39?/m1/s1. The molecule has 4 N–H and O–H groups in total. The fourth-order valence-corrected chi connectivity index (χ4v) is 7.28. The molecule has 0 aliphatic carbocycles. The number of nitrogens with two attached hydrogens (primary N) is 2. The maximum Gasteiger partial charge on any atom is 0.306 e. The van der Waals surface area contributed by atoms with Crippen molar-refractivity contribution in [1.82, 2.24) is 9.29 Å². The number of anilines is 2. The summed E-state index contributed by atoms with van der Waals surface area (Å²) in [7, 11) is -0.107. The van der Waals surface area contributed by atoms with Crippen LogP contribution in [0.2, 0.25) is 4.34 Å². The normalized spacial score (nSPS) is 18.1. The van der Waals surface area contributed by atoms with Gasteiger partial charge in [0.2, 0.25) is 5.88 Å². The Morgan fingerprint density at radius 2 is 2.15 bits per heavy atom. The van der Waals surface area contributed by atoms with Crippen LogP contribution in [0.25, 0.3) is 0 Å². The summed E-state index contributed by atoms with van der Waals surface area (Å²) in [4.78, 5) is 18.2. The van der Waals surface area contributed by atoms with Gasteiger partial charge in [0.15, 0.2) is 0 Å². The second-order valence-corrected chi connectivity index (χ2v) is 12.4. The highest BCUT2D eigenvalue weighted by molar-refractivity contribution is 7.82. The van der Waals surface area contributed by atoms with Crippen molar-refractivity contribution in [1.29, 1.82) is 0 Å². The molecule has 0 fully saturated rings. The predicted octanol–water partition coefficient (Wildman–Crippen LogP) is 4.78. The molecule has 0 amide bonds. The van der Waals surface area contributed by atoms with Crippen molar-refractivity contribution in [3.8, 4) is 5.88 Å². The van der Waals surface area contributed by atoms with Crippen LogP contribution in [0, 0.1) is 6.92 Å². The molecule has 2 unspecified atom stereocenters. The van der Waals surface area contributed by atoms with E-state index in [9.17, 15) is 9.00 Å². The van der Waals surface area contributed by atoms with Gasteiger partial charge >= 0.3 is 5.97 Å². The van der Waals surface area contributed by atoms with Gasteiger partial charge < -0.3 is 20.2 Å². The SMILES string of the molecule is CC[C@@H]1CN(Cc2cc(C(CC(=O)OC)c3ccc(N(N)CC)c(N)c3C)sc2Cl)S(=O)c2cccnc2O1. The monoisotopic (exact) mass is 591 g/mol. The number of hydrogen-bond acceptors (Lipinski definition) is 9. The molecule has 39 heavy (non-hydrogen) atoms. The summed E-state index contributed by atoms with van der Waals surface area (Å²) in [5.41, 5.74) is 10.3. The average molecular weight is 592 g/mol. The molecule has 3 atom stereocenters. The van der Waals surface area contributed by atoms with Crippen molar-refractivity contribution >= 4 is 51.3 Å². The number of nitrogens with zero attached hydrogens (tertiary/aromatic N) is 3. The molecule has 3 aromatic rings. The molecule has 1 aliphatic heterocycles. The smallest absolute Gasteiger partial charge is 0.306 e. The van der Waals surface area contributed by atoms with Gasteiger partial charge in [-0.3, -0.25) is 4.79 Å². The van der Waals surface area contributed by atoms with Gasteiger partial charge in [0, 0.05) is 36.6 Å². The molecule has 9 nitrogen and oxygen atoms in total. The molecule has 2 aromatic heterocycles. The fourth-order valence-electron chi connectivity index (χ4n) is 4.60. The zero-order valence-electron chi connectivity index (χ0n) is 22.5. The second-order valence-electron chi connectivity index (χ2n) is 9.31. The minimum absolute atomic E-state index is 0.118. The topological polar surface area (TPSA) is 124 Å². The highest BCUT2D eigenvalue weighted by Gasteiger charge is 2.31. The maximum atomic E-state index is 13.5. The first-order chi connectivity index (χ1) is 18.7. The van der Waals surface area contributed by atoms with Crippen molar-refractivity contribution in [3.63, 3.8) is 0 Å². The summed E-state index contributed by atoms with van der Waals surface area (Å²) in [6.07, 6.45) is 2.33. The van der Waals surface area contributed by atoms with Crippen LogP contribution in [0.5, 0.6) is 5.88 Å². The number of carbonyl (C=O) groups is 1. The van der Waals surface area contributed by atoms with Crippen LogP contribution in [0.1, 0.15) is 54.2 Å². The van der Waals surface area contributed by atoms with E-state index in [1.54, 1.807) is 23.3 Å². The van der Waals surface area contributed by atoms with Crippen LogP contribution in [-0.4, -0.2) is 45.8 Å². The first-order valence-electron chi connectivity index (χ1n) is 12.7. The molecule has 0 spiro atoms. The Balaban J connectivity index is 1.69. The van der Waals surface area contributed by atoms with E-state index in [2.05, 4.69) is 4.98 Å². The van der Waals surface area contributed by atoms with Gasteiger partial charge in [-0.15, -0.1) is 11.3 Å². The summed E-state index contributed by atoms with van der Waals surface area (Å²) in [5, 5.41) is 1.59. The number of benzene rings is 1.